The molecule has 0 bridgehead atoms. The summed E-state index contributed by atoms with van der Waals surface area (Å²) in [6.45, 7) is 3.84. The van der Waals surface area contributed by atoms with Gasteiger partial charge < -0.3 is 5.32 Å². The van der Waals surface area contributed by atoms with Crippen molar-refractivity contribution in [1.29, 1.82) is 0 Å². The smallest absolute Gasteiger partial charge is 0.127 e. The molecule has 0 aliphatic rings. The Morgan fingerprint density at radius 1 is 1.16 bits per heavy atom. The summed E-state index contributed by atoms with van der Waals surface area (Å²) in [5, 5.41) is 3.66. The van der Waals surface area contributed by atoms with Crippen molar-refractivity contribution in [2.45, 2.75) is 19.9 Å². The lowest BCUT2D eigenvalue weighted by Gasteiger charge is -2.17. The number of hydrogen-bond acceptors (Lipinski definition) is 1. The van der Waals surface area contributed by atoms with Crippen LogP contribution < -0.4 is 5.32 Å². The predicted octanol–water partition coefficient (Wildman–Crippen LogP) is 4.73. The van der Waals surface area contributed by atoms with Crippen molar-refractivity contribution in [3.63, 3.8) is 0 Å². The highest BCUT2D eigenvalue weighted by Gasteiger charge is 2.14. The van der Waals surface area contributed by atoms with Crippen LogP contribution in [0.4, 0.5) is 4.39 Å². The van der Waals surface area contributed by atoms with Crippen molar-refractivity contribution in [3.8, 4) is 11.1 Å². The maximum Gasteiger partial charge on any atom is 0.127 e. The average Bonchev–Trinajstić information content (AvgIpc) is 2.42. The van der Waals surface area contributed by atoms with E-state index in [1.165, 1.54) is 6.07 Å². The number of nitrogens with one attached hydrogen (secondary N) is 1. The van der Waals surface area contributed by atoms with E-state index in [-0.39, 0.29) is 11.9 Å². The molecule has 2 aromatic rings. The summed E-state index contributed by atoms with van der Waals surface area (Å²) in [4.78, 5) is 0. The summed E-state index contributed by atoms with van der Waals surface area (Å²) < 4.78 is 13.5. The molecule has 3 heteroatoms. The standard InChI is InChI=1S/C16H17ClFN/c1-10-8-14(15(17)9-16(10)18)13-7-5-4-6-12(13)11(2)19-3/h4-9,11,19H,1-3H3. The Kier molecular flexibility index (Phi) is 4.23. The van der Waals surface area contributed by atoms with Gasteiger partial charge in [0.25, 0.3) is 0 Å². The number of benzene rings is 2. The zero-order valence-electron chi connectivity index (χ0n) is 11.3. The van der Waals surface area contributed by atoms with E-state index in [4.69, 9.17) is 11.6 Å². The van der Waals surface area contributed by atoms with Crippen molar-refractivity contribution in [2.24, 2.45) is 0 Å². The summed E-state index contributed by atoms with van der Waals surface area (Å²) >= 11 is 6.20. The van der Waals surface area contributed by atoms with Crippen molar-refractivity contribution in [2.75, 3.05) is 7.05 Å². The fourth-order valence-electron chi connectivity index (χ4n) is 2.14. The van der Waals surface area contributed by atoms with Crippen LogP contribution in [-0.4, -0.2) is 7.05 Å². The molecule has 0 saturated heterocycles. The topological polar surface area (TPSA) is 12.0 Å². The third kappa shape index (κ3) is 2.80. The molecule has 0 saturated carbocycles. The minimum absolute atomic E-state index is 0.206. The molecule has 1 nitrogen and oxygen atoms in total. The maximum absolute atomic E-state index is 13.5. The molecule has 19 heavy (non-hydrogen) atoms. The van der Waals surface area contributed by atoms with Gasteiger partial charge in [-0.15, -0.1) is 0 Å². The molecule has 1 unspecified atom stereocenters. The highest BCUT2D eigenvalue weighted by molar-refractivity contribution is 6.33. The normalized spacial score (nSPS) is 12.5. The van der Waals surface area contributed by atoms with Crippen molar-refractivity contribution in [3.05, 3.63) is 58.4 Å². The monoisotopic (exact) mass is 277 g/mol. The van der Waals surface area contributed by atoms with Gasteiger partial charge in [0.05, 0.1) is 5.02 Å². The van der Waals surface area contributed by atoms with Gasteiger partial charge >= 0.3 is 0 Å². The second-order valence-electron chi connectivity index (χ2n) is 4.68. The molecule has 1 N–H and O–H groups in total. The molecule has 0 radical (unpaired) electrons. The molecular weight excluding hydrogens is 261 g/mol. The lowest BCUT2D eigenvalue weighted by Crippen LogP contribution is -2.13. The number of halogens is 2. The van der Waals surface area contributed by atoms with E-state index < -0.39 is 0 Å². The lowest BCUT2D eigenvalue weighted by molar-refractivity contribution is 0.618. The summed E-state index contributed by atoms with van der Waals surface area (Å²) in [7, 11) is 1.92. The second-order valence-corrected chi connectivity index (χ2v) is 5.09. The van der Waals surface area contributed by atoms with Crippen LogP contribution in [0.5, 0.6) is 0 Å². The first-order valence-electron chi connectivity index (χ1n) is 6.26. The summed E-state index contributed by atoms with van der Waals surface area (Å²) in [5.74, 6) is -0.270. The Balaban J connectivity index is 2.62. The van der Waals surface area contributed by atoms with Crippen LogP contribution in [0.2, 0.25) is 5.02 Å². The fraction of sp³-hybridized carbons (Fsp3) is 0.250. The van der Waals surface area contributed by atoms with Crippen LogP contribution in [0.1, 0.15) is 24.1 Å². The van der Waals surface area contributed by atoms with Crippen molar-refractivity contribution in [1.82, 2.24) is 5.32 Å². The van der Waals surface area contributed by atoms with Crippen LogP contribution >= 0.6 is 11.6 Å². The van der Waals surface area contributed by atoms with E-state index in [1.54, 1.807) is 13.0 Å². The highest BCUT2D eigenvalue weighted by Crippen LogP contribution is 2.34. The number of rotatable bonds is 3. The number of aryl methyl sites for hydroxylation is 1. The molecule has 0 spiro atoms. The summed E-state index contributed by atoms with van der Waals surface area (Å²) in [5.41, 5.74) is 3.67. The Labute approximate surface area is 118 Å². The number of hydrogen-bond donors (Lipinski definition) is 1. The van der Waals surface area contributed by atoms with E-state index in [1.807, 2.05) is 25.2 Å². The summed E-state index contributed by atoms with van der Waals surface area (Å²) in [6.07, 6.45) is 0. The third-order valence-electron chi connectivity index (χ3n) is 3.40. The Morgan fingerprint density at radius 2 is 1.84 bits per heavy atom. The van der Waals surface area contributed by atoms with Gasteiger partial charge in [0, 0.05) is 11.6 Å². The molecule has 100 valence electrons. The van der Waals surface area contributed by atoms with Gasteiger partial charge in [0.1, 0.15) is 5.82 Å². The Bertz CT molecular complexity index is 595. The first kappa shape index (κ1) is 14.0. The molecule has 2 aromatic carbocycles. The molecule has 1 atom stereocenters. The van der Waals surface area contributed by atoms with Gasteiger partial charge in [-0.2, -0.15) is 0 Å². The fourth-order valence-corrected chi connectivity index (χ4v) is 2.39. The highest BCUT2D eigenvalue weighted by atomic mass is 35.5. The minimum Gasteiger partial charge on any atom is -0.313 e. The molecule has 0 aromatic heterocycles. The van der Waals surface area contributed by atoms with Crippen LogP contribution in [0.25, 0.3) is 11.1 Å². The largest absolute Gasteiger partial charge is 0.313 e. The molecular formula is C16H17ClFN. The zero-order chi connectivity index (χ0) is 14.0. The van der Waals surface area contributed by atoms with Crippen LogP contribution in [0.15, 0.2) is 36.4 Å². The van der Waals surface area contributed by atoms with Gasteiger partial charge in [-0.25, -0.2) is 4.39 Å². The van der Waals surface area contributed by atoms with Crippen LogP contribution in [-0.2, 0) is 0 Å². The van der Waals surface area contributed by atoms with Gasteiger partial charge in [0.2, 0.25) is 0 Å². The molecule has 0 fully saturated rings. The molecule has 0 aliphatic heterocycles. The summed E-state index contributed by atoms with van der Waals surface area (Å²) in [6, 6.07) is 11.4. The maximum atomic E-state index is 13.5. The minimum atomic E-state index is -0.270. The first-order chi connectivity index (χ1) is 9.04. The van der Waals surface area contributed by atoms with Crippen LogP contribution in [0.3, 0.4) is 0 Å². The zero-order valence-corrected chi connectivity index (χ0v) is 12.1. The Hall–Kier alpha value is -1.38. The third-order valence-corrected chi connectivity index (χ3v) is 3.71. The van der Waals surface area contributed by atoms with Gasteiger partial charge in [-0.05, 0) is 49.7 Å². The van der Waals surface area contributed by atoms with Gasteiger partial charge in [0.15, 0.2) is 0 Å². The van der Waals surface area contributed by atoms with Gasteiger partial charge in [-0.3, -0.25) is 0 Å². The molecule has 0 heterocycles. The van der Waals surface area contributed by atoms with E-state index in [9.17, 15) is 4.39 Å². The van der Waals surface area contributed by atoms with Gasteiger partial charge in [-0.1, -0.05) is 35.9 Å². The predicted molar refractivity (Wildman–Crippen MR) is 79.1 cm³/mol. The van der Waals surface area contributed by atoms with E-state index in [0.29, 0.717) is 10.6 Å². The lowest BCUT2D eigenvalue weighted by atomic mass is 9.94. The molecule has 2 rings (SSSR count). The van der Waals surface area contributed by atoms with E-state index >= 15 is 0 Å². The molecule has 0 amide bonds. The SMILES string of the molecule is CNC(C)c1ccccc1-c1cc(C)c(F)cc1Cl. The Morgan fingerprint density at radius 3 is 2.53 bits per heavy atom. The van der Waals surface area contributed by atoms with Crippen molar-refractivity contribution < 1.29 is 4.39 Å². The first-order valence-corrected chi connectivity index (χ1v) is 6.64. The van der Waals surface area contributed by atoms with E-state index in [0.717, 1.165) is 16.7 Å². The average molecular weight is 278 g/mol. The second kappa shape index (κ2) is 5.72. The van der Waals surface area contributed by atoms with E-state index in [2.05, 4.69) is 18.3 Å². The van der Waals surface area contributed by atoms with Crippen molar-refractivity contribution >= 4 is 11.6 Å². The van der Waals surface area contributed by atoms with Crippen LogP contribution in [0, 0.1) is 12.7 Å². The molecule has 0 aliphatic carbocycles. The quantitative estimate of drug-likeness (QED) is 0.855.